The number of benzene rings is 1. The number of oxime groups is 1. The van der Waals surface area contributed by atoms with E-state index in [1.54, 1.807) is 32.2 Å². The standard InChI is InChI=1S/C19H22FN3O4/c1-11-7-16(27-10-19(2,3)18(24)26-4)22-9-14(11)12-5-6-13(15(20)8-12)17(21)23-25/h5-9,25H,10H2,1-4H3,(H2,21,23). The third-order valence-corrected chi connectivity index (χ3v) is 4.07. The molecule has 144 valence electrons. The number of aromatic nitrogens is 1. The van der Waals surface area contributed by atoms with Gasteiger partial charge in [-0.25, -0.2) is 9.37 Å². The number of pyridine rings is 1. The smallest absolute Gasteiger partial charge is 0.314 e. The maximum absolute atomic E-state index is 14.2. The first-order valence-electron chi connectivity index (χ1n) is 8.15. The highest BCUT2D eigenvalue weighted by Gasteiger charge is 2.30. The zero-order valence-corrected chi connectivity index (χ0v) is 15.6. The summed E-state index contributed by atoms with van der Waals surface area (Å²) in [5, 5.41) is 11.5. The van der Waals surface area contributed by atoms with Crippen LogP contribution in [0.4, 0.5) is 4.39 Å². The van der Waals surface area contributed by atoms with E-state index >= 15 is 0 Å². The minimum absolute atomic E-state index is 0.0110. The molecule has 0 saturated heterocycles. The first-order valence-corrected chi connectivity index (χ1v) is 8.15. The predicted molar refractivity (Wildman–Crippen MR) is 98.2 cm³/mol. The highest BCUT2D eigenvalue weighted by atomic mass is 19.1. The average molecular weight is 375 g/mol. The van der Waals surface area contributed by atoms with Gasteiger partial charge in [0.15, 0.2) is 5.84 Å². The lowest BCUT2D eigenvalue weighted by Crippen LogP contribution is -2.32. The minimum atomic E-state index is -0.809. The highest BCUT2D eigenvalue weighted by Crippen LogP contribution is 2.27. The van der Waals surface area contributed by atoms with Crippen LogP contribution in [0.5, 0.6) is 5.88 Å². The van der Waals surface area contributed by atoms with Crippen LogP contribution >= 0.6 is 0 Å². The molecule has 7 nitrogen and oxygen atoms in total. The van der Waals surface area contributed by atoms with Crippen molar-refractivity contribution in [3.63, 3.8) is 0 Å². The molecule has 0 aliphatic carbocycles. The number of aryl methyl sites for hydroxylation is 1. The Morgan fingerprint density at radius 2 is 2.07 bits per heavy atom. The average Bonchev–Trinajstić information content (AvgIpc) is 2.65. The van der Waals surface area contributed by atoms with Crippen molar-refractivity contribution in [1.29, 1.82) is 0 Å². The fraction of sp³-hybridized carbons (Fsp3) is 0.316. The predicted octanol–water partition coefficient (Wildman–Crippen LogP) is 2.87. The van der Waals surface area contributed by atoms with Crippen molar-refractivity contribution < 1.29 is 23.9 Å². The number of hydrogen-bond acceptors (Lipinski definition) is 6. The Kier molecular flexibility index (Phi) is 5.99. The van der Waals surface area contributed by atoms with E-state index in [9.17, 15) is 9.18 Å². The molecule has 0 radical (unpaired) electrons. The minimum Gasteiger partial charge on any atom is -0.476 e. The monoisotopic (exact) mass is 375 g/mol. The Morgan fingerprint density at radius 1 is 1.37 bits per heavy atom. The van der Waals surface area contributed by atoms with Crippen LogP contribution in [-0.4, -0.2) is 35.7 Å². The molecule has 1 aromatic heterocycles. The summed E-state index contributed by atoms with van der Waals surface area (Å²) in [7, 11) is 1.33. The van der Waals surface area contributed by atoms with Crippen LogP contribution in [0.15, 0.2) is 35.6 Å². The largest absolute Gasteiger partial charge is 0.476 e. The van der Waals surface area contributed by atoms with E-state index in [1.807, 2.05) is 6.92 Å². The van der Waals surface area contributed by atoms with Gasteiger partial charge in [-0.15, -0.1) is 0 Å². The van der Waals surface area contributed by atoms with Gasteiger partial charge in [0.05, 0.1) is 18.1 Å². The van der Waals surface area contributed by atoms with Crippen molar-refractivity contribution in [2.24, 2.45) is 16.3 Å². The molecule has 27 heavy (non-hydrogen) atoms. The summed E-state index contributed by atoms with van der Waals surface area (Å²) in [4.78, 5) is 15.9. The van der Waals surface area contributed by atoms with Gasteiger partial charge in [-0.1, -0.05) is 11.2 Å². The molecule has 0 aliphatic rings. The molecule has 0 spiro atoms. The van der Waals surface area contributed by atoms with Gasteiger partial charge in [-0.3, -0.25) is 4.79 Å². The van der Waals surface area contributed by atoms with Crippen molar-refractivity contribution in [3.8, 4) is 17.0 Å². The summed E-state index contributed by atoms with van der Waals surface area (Å²) in [6.45, 7) is 5.37. The maximum Gasteiger partial charge on any atom is 0.314 e. The first-order chi connectivity index (χ1) is 12.7. The fourth-order valence-electron chi connectivity index (χ4n) is 2.45. The van der Waals surface area contributed by atoms with Crippen molar-refractivity contribution >= 4 is 11.8 Å². The van der Waals surface area contributed by atoms with Crippen LogP contribution in [0.2, 0.25) is 0 Å². The van der Waals surface area contributed by atoms with Gasteiger partial charge in [0.2, 0.25) is 5.88 Å². The summed E-state index contributed by atoms with van der Waals surface area (Å²) in [6, 6.07) is 6.08. The van der Waals surface area contributed by atoms with E-state index < -0.39 is 11.2 Å². The van der Waals surface area contributed by atoms with E-state index in [0.29, 0.717) is 17.0 Å². The van der Waals surface area contributed by atoms with Gasteiger partial charge in [-0.2, -0.15) is 0 Å². The molecule has 0 aliphatic heterocycles. The molecule has 0 saturated carbocycles. The molecule has 3 N–H and O–H groups in total. The topological polar surface area (TPSA) is 107 Å². The normalized spacial score (nSPS) is 12.0. The van der Waals surface area contributed by atoms with Crippen LogP contribution in [0.1, 0.15) is 25.0 Å². The summed E-state index contributed by atoms with van der Waals surface area (Å²) >= 11 is 0. The first kappa shape index (κ1) is 20.2. The number of nitrogens with zero attached hydrogens (tertiary/aromatic N) is 2. The zero-order chi connectivity index (χ0) is 20.2. The lowest BCUT2D eigenvalue weighted by Gasteiger charge is -2.21. The van der Waals surface area contributed by atoms with Gasteiger partial charge in [0.25, 0.3) is 0 Å². The Bertz CT molecular complexity index is 881. The van der Waals surface area contributed by atoms with E-state index in [0.717, 1.165) is 5.56 Å². The number of rotatable bonds is 6. The quantitative estimate of drug-likeness (QED) is 0.264. The molecular weight excluding hydrogens is 353 g/mol. The summed E-state index contributed by atoms with van der Waals surface area (Å²) in [6.07, 6.45) is 1.56. The number of esters is 1. The third kappa shape index (κ3) is 4.52. The van der Waals surface area contributed by atoms with Crippen molar-refractivity contribution in [1.82, 2.24) is 4.98 Å². The second-order valence-corrected chi connectivity index (χ2v) is 6.68. The van der Waals surface area contributed by atoms with E-state index in [2.05, 4.69) is 10.1 Å². The Balaban J connectivity index is 2.22. The number of hydrogen-bond donors (Lipinski definition) is 2. The van der Waals surface area contributed by atoms with Crippen LogP contribution in [0, 0.1) is 18.2 Å². The van der Waals surface area contributed by atoms with Crippen LogP contribution in [0.3, 0.4) is 0 Å². The molecule has 0 bridgehead atoms. The molecule has 0 atom stereocenters. The van der Waals surface area contributed by atoms with Crippen LogP contribution in [-0.2, 0) is 9.53 Å². The van der Waals surface area contributed by atoms with Crippen molar-refractivity contribution in [3.05, 3.63) is 47.4 Å². The van der Waals surface area contributed by atoms with Crippen molar-refractivity contribution in [2.45, 2.75) is 20.8 Å². The summed E-state index contributed by atoms with van der Waals surface area (Å²) in [5.41, 5.74) is 6.74. The Labute approximate surface area is 156 Å². The van der Waals surface area contributed by atoms with Gasteiger partial charge < -0.3 is 20.4 Å². The molecule has 0 amide bonds. The number of methoxy groups -OCH3 is 1. The summed E-state index contributed by atoms with van der Waals surface area (Å²) < 4.78 is 24.5. The number of halogens is 1. The molecule has 8 heteroatoms. The molecule has 1 heterocycles. The van der Waals surface area contributed by atoms with E-state index in [1.165, 1.54) is 19.2 Å². The lowest BCUT2D eigenvalue weighted by atomic mass is 9.95. The third-order valence-electron chi connectivity index (χ3n) is 4.07. The second kappa shape index (κ2) is 8.03. The number of nitrogens with two attached hydrogens (primary N) is 1. The second-order valence-electron chi connectivity index (χ2n) is 6.68. The lowest BCUT2D eigenvalue weighted by molar-refractivity contribution is -0.152. The highest BCUT2D eigenvalue weighted by molar-refractivity contribution is 5.97. The van der Waals surface area contributed by atoms with Gasteiger partial charge in [0.1, 0.15) is 12.4 Å². The number of ether oxygens (including phenoxy) is 2. The van der Waals surface area contributed by atoms with Gasteiger partial charge in [-0.05, 0) is 44.0 Å². The molecular formula is C19H22FN3O4. The van der Waals surface area contributed by atoms with Crippen LogP contribution < -0.4 is 10.5 Å². The summed E-state index contributed by atoms with van der Waals surface area (Å²) in [5.74, 6) is -0.938. The van der Waals surface area contributed by atoms with Crippen molar-refractivity contribution in [2.75, 3.05) is 13.7 Å². The molecule has 0 unspecified atom stereocenters. The van der Waals surface area contributed by atoms with Gasteiger partial charge in [0, 0.05) is 17.8 Å². The fourth-order valence-corrected chi connectivity index (χ4v) is 2.45. The maximum atomic E-state index is 14.2. The van der Waals surface area contributed by atoms with Crippen LogP contribution in [0.25, 0.3) is 11.1 Å². The Morgan fingerprint density at radius 3 is 2.63 bits per heavy atom. The molecule has 2 rings (SSSR count). The number of carbonyl (C=O) groups excluding carboxylic acids is 1. The number of carbonyl (C=O) groups is 1. The van der Waals surface area contributed by atoms with E-state index in [4.69, 9.17) is 20.4 Å². The van der Waals surface area contributed by atoms with E-state index in [-0.39, 0.29) is 24.0 Å². The van der Waals surface area contributed by atoms with Gasteiger partial charge >= 0.3 is 5.97 Å². The zero-order valence-electron chi connectivity index (χ0n) is 15.6. The number of amidine groups is 1. The SMILES string of the molecule is COC(=O)C(C)(C)COc1cc(C)c(-c2ccc(C(N)=NO)c(F)c2)cn1. The molecule has 2 aromatic rings. The Hall–Kier alpha value is -3.16. The molecule has 1 aromatic carbocycles. The molecule has 0 fully saturated rings.